The predicted molar refractivity (Wildman–Crippen MR) is 123 cm³/mol. The number of hydrogen-bond acceptors (Lipinski definition) is 5. The number of aryl methyl sites for hydroxylation is 1. The van der Waals surface area contributed by atoms with E-state index in [0.29, 0.717) is 19.0 Å². The quantitative estimate of drug-likeness (QED) is 0.439. The number of imidazole rings is 1. The third-order valence-corrected chi connectivity index (χ3v) is 6.69. The number of piperidine rings is 1. The Bertz CT molecular complexity index is 1220. The Hall–Kier alpha value is -2.87. The molecule has 5 rings (SSSR count). The number of carbonyl (C=O) groups excluding carboxylic acids is 1. The molecule has 162 valence electrons. The summed E-state index contributed by atoms with van der Waals surface area (Å²) >= 11 is 1.70. The first-order valence-electron chi connectivity index (χ1n) is 10.7. The molecule has 4 aromatic rings. The van der Waals surface area contributed by atoms with Crippen molar-refractivity contribution in [1.82, 2.24) is 24.1 Å². The van der Waals surface area contributed by atoms with Gasteiger partial charge in [0, 0.05) is 50.0 Å². The van der Waals surface area contributed by atoms with Gasteiger partial charge in [-0.1, -0.05) is 17.4 Å². The maximum atomic E-state index is 12.3. The normalized spacial score (nSPS) is 15.8. The van der Waals surface area contributed by atoms with Gasteiger partial charge in [-0.2, -0.15) is 5.10 Å². The van der Waals surface area contributed by atoms with E-state index in [1.54, 1.807) is 11.3 Å². The van der Waals surface area contributed by atoms with Crippen molar-refractivity contribution in [2.24, 2.45) is 7.05 Å². The molecule has 0 unspecified atom stereocenters. The molecule has 31 heavy (non-hydrogen) atoms. The molecule has 1 amide bonds. The summed E-state index contributed by atoms with van der Waals surface area (Å²) in [6.07, 6.45) is 7.95. The largest absolute Gasteiger partial charge is 0.444 e. The lowest BCUT2D eigenvalue weighted by Gasteiger charge is -2.32. The Kier molecular flexibility index (Phi) is 4.77. The molecule has 0 aliphatic carbocycles. The second-order valence-corrected chi connectivity index (χ2v) is 10.3. The highest BCUT2D eigenvalue weighted by Gasteiger charge is 2.28. The van der Waals surface area contributed by atoms with Crippen molar-refractivity contribution in [1.29, 1.82) is 0 Å². The summed E-state index contributed by atoms with van der Waals surface area (Å²) in [6.45, 7) is 7.12. The summed E-state index contributed by atoms with van der Waals surface area (Å²) in [4.78, 5) is 21.2. The van der Waals surface area contributed by atoms with Crippen LogP contribution in [0.2, 0.25) is 0 Å². The summed E-state index contributed by atoms with van der Waals surface area (Å²) in [6, 6.07) is 6.37. The number of thiazole rings is 1. The smallest absolute Gasteiger partial charge is 0.410 e. The molecule has 0 N–H and O–H groups in total. The molecule has 3 aromatic heterocycles. The second kappa shape index (κ2) is 7.37. The Morgan fingerprint density at radius 2 is 1.94 bits per heavy atom. The fourth-order valence-electron chi connectivity index (χ4n) is 4.13. The Morgan fingerprint density at radius 3 is 2.65 bits per heavy atom. The number of aromatic nitrogens is 4. The van der Waals surface area contributed by atoms with Gasteiger partial charge in [0.1, 0.15) is 5.60 Å². The standard InChI is InChI=1S/C23H27N5O2S/c1-23(2,3)30-22(29)27-9-7-15(8-10-27)19-13-28-14-20(31-21(28)24-19)16-5-6-18-17(11-16)12-26(4)25-18/h5-6,11-15H,7-10H2,1-4H3. The maximum absolute atomic E-state index is 12.3. The van der Waals surface area contributed by atoms with Gasteiger partial charge in [-0.25, -0.2) is 9.78 Å². The highest BCUT2D eigenvalue weighted by atomic mass is 32.1. The van der Waals surface area contributed by atoms with Crippen molar-refractivity contribution < 1.29 is 9.53 Å². The highest BCUT2D eigenvalue weighted by Crippen LogP contribution is 2.34. The molecule has 0 saturated carbocycles. The van der Waals surface area contributed by atoms with Gasteiger partial charge >= 0.3 is 6.09 Å². The number of hydrogen-bond donors (Lipinski definition) is 0. The van der Waals surface area contributed by atoms with E-state index in [1.807, 2.05) is 43.6 Å². The van der Waals surface area contributed by atoms with Crippen molar-refractivity contribution in [2.45, 2.75) is 45.1 Å². The van der Waals surface area contributed by atoms with Gasteiger partial charge in [0.25, 0.3) is 0 Å². The fraction of sp³-hybridized carbons (Fsp3) is 0.435. The number of nitrogens with zero attached hydrogens (tertiary/aromatic N) is 5. The summed E-state index contributed by atoms with van der Waals surface area (Å²) in [7, 11) is 1.94. The van der Waals surface area contributed by atoms with E-state index >= 15 is 0 Å². The van der Waals surface area contributed by atoms with Crippen LogP contribution in [0.3, 0.4) is 0 Å². The second-order valence-electron chi connectivity index (χ2n) is 9.27. The minimum Gasteiger partial charge on any atom is -0.444 e. The van der Waals surface area contributed by atoms with Crippen LogP contribution < -0.4 is 0 Å². The average Bonchev–Trinajstić information content (AvgIpc) is 3.37. The first-order chi connectivity index (χ1) is 14.7. The number of carbonyl (C=O) groups is 1. The number of fused-ring (bicyclic) bond motifs is 2. The third-order valence-electron chi connectivity index (χ3n) is 5.64. The van der Waals surface area contributed by atoms with Crippen LogP contribution in [0.15, 0.2) is 36.8 Å². The van der Waals surface area contributed by atoms with Crippen LogP contribution in [0, 0.1) is 0 Å². The van der Waals surface area contributed by atoms with Crippen molar-refractivity contribution in [3.8, 4) is 10.4 Å². The van der Waals surface area contributed by atoms with Crippen LogP contribution in [-0.4, -0.2) is 48.8 Å². The van der Waals surface area contributed by atoms with Crippen molar-refractivity contribution in [3.05, 3.63) is 42.5 Å². The lowest BCUT2D eigenvalue weighted by Crippen LogP contribution is -2.41. The molecule has 0 atom stereocenters. The van der Waals surface area contributed by atoms with Crippen molar-refractivity contribution in [2.75, 3.05) is 13.1 Å². The first-order valence-corrected chi connectivity index (χ1v) is 11.5. The van der Waals surface area contributed by atoms with E-state index in [4.69, 9.17) is 9.72 Å². The van der Waals surface area contributed by atoms with Crippen LogP contribution in [-0.2, 0) is 11.8 Å². The minimum absolute atomic E-state index is 0.216. The maximum Gasteiger partial charge on any atom is 0.410 e. The molecule has 1 aliphatic rings. The number of ether oxygens (including phenoxy) is 1. The van der Waals surface area contributed by atoms with E-state index in [-0.39, 0.29) is 6.09 Å². The zero-order valence-electron chi connectivity index (χ0n) is 18.3. The molecule has 0 radical (unpaired) electrons. The van der Waals surface area contributed by atoms with Crippen LogP contribution >= 0.6 is 11.3 Å². The van der Waals surface area contributed by atoms with E-state index in [0.717, 1.165) is 34.4 Å². The van der Waals surface area contributed by atoms with Gasteiger partial charge in [-0.05, 0) is 51.3 Å². The number of likely N-dealkylation sites (tertiary alicyclic amines) is 1. The highest BCUT2D eigenvalue weighted by molar-refractivity contribution is 7.20. The van der Waals surface area contributed by atoms with Crippen LogP contribution in [0.5, 0.6) is 0 Å². The Balaban J connectivity index is 1.29. The van der Waals surface area contributed by atoms with Gasteiger partial charge in [0.2, 0.25) is 0 Å². The van der Waals surface area contributed by atoms with Gasteiger partial charge in [-0.3, -0.25) is 9.08 Å². The first kappa shape index (κ1) is 20.1. The molecular weight excluding hydrogens is 410 g/mol. The van der Waals surface area contributed by atoms with Gasteiger partial charge < -0.3 is 9.64 Å². The van der Waals surface area contributed by atoms with Gasteiger partial charge in [0.15, 0.2) is 4.96 Å². The Morgan fingerprint density at radius 1 is 1.16 bits per heavy atom. The summed E-state index contributed by atoms with van der Waals surface area (Å²) in [5, 5.41) is 5.59. The van der Waals surface area contributed by atoms with Crippen molar-refractivity contribution >= 4 is 33.3 Å². The van der Waals surface area contributed by atoms with E-state index < -0.39 is 5.60 Å². The van der Waals surface area contributed by atoms with Crippen LogP contribution in [0.1, 0.15) is 45.2 Å². The molecule has 1 aliphatic heterocycles. The van der Waals surface area contributed by atoms with Crippen LogP contribution in [0.25, 0.3) is 26.3 Å². The zero-order chi connectivity index (χ0) is 21.8. The van der Waals surface area contributed by atoms with Gasteiger partial charge in [0.05, 0.1) is 16.1 Å². The number of rotatable bonds is 2. The fourth-order valence-corrected chi connectivity index (χ4v) is 5.10. The molecule has 0 bridgehead atoms. The van der Waals surface area contributed by atoms with Crippen molar-refractivity contribution in [3.63, 3.8) is 0 Å². The van der Waals surface area contributed by atoms with E-state index in [2.05, 4.69) is 40.1 Å². The molecule has 1 saturated heterocycles. The Labute approximate surface area is 185 Å². The van der Waals surface area contributed by atoms with Crippen LogP contribution in [0.4, 0.5) is 4.79 Å². The van der Waals surface area contributed by atoms with E-state index in [9.17, 15) is 4.79 Å². The zero-order valence-corrected chi connectivity index (χ0v) is 19.1. The number of amides is 1. The molecule has 1 fully saturated rings. The average molecular weight is 438 g/mol. The monoisotopic (exact) mass is 437 g/mol. The molecule has 4 heterocycles. The molecular formula is C23H27N5O2S. The molecule has 1 aromatic carbocycles. The lowest BCUT2D eigenvalue weighted by molar-refractivity contribution is 0.0204. The minimum atomic E-state index is -0.457. The number of benzene rings is 1. The summed E-state index contributed by atoms with van der Waals surface area (Å²) in [5.74, 6) is 0.376. The summed E-state index contributed by atoms with van der Waals surface area (Å²) < 4.78 is 9.47. The van der Waals surface area contributed by atoms with E-state index in [1.165, 1.54) is 10.4 Å². The third kappa shape index (κ3) is 4.04. The SMILES string of the molecule is Cn1cc2cc(-c3cn4cc(C5CCN(C(=O)OC(C)(C)C)CC5)nc4s3)ccc2n1. The molecule has 7 nitrogen and oxygen atoms in total. The predicted octanol–water partition coefficient (Wildman–Crippen LogP) is 5.06. The summed E-state index contributed by atoms with van der Waals surface area (Å²) in [5.41, 5.74) is 2.85. The topological polar surface area (TPSA) is 64.7 Å². The molecule has 0 spiro atoms. The van der Waals surface area contributed by atoms with Gasteiger partial charge in [-0.15, -0.1) is 0 Å². The molecule has 8 heteroatoms. The lowest BCUT2D eigenvalue weighted by atomic mass is 9.94.